The summed E-state index contributed by atoms with van der Waals surface area (Å²) in [6, 6.07) is 5.56. The van der Waals surface area contributed by atoms with Crippen molar-refractivity contribution in [1.82, 2.24) is 4.90 Å². The van der Waals surface area contributed by atoms with E-state index >= 15 is 0 Å². The fraction of sp³-hybridized carbons (Fsp3) is 0.500. The monoisotopic (exact) mass is 267 g/mol. The van der Waals surface area contributed by atoms with Gasteiger partial charge < -0.3 is 5.11 Å². The van der Waals surface area contributed by atoms with Crippen LogP contribution in [0.25, 0.3) is 0 Å². The smallest absolute Gasteiger partial charge is 0.321 e. The summed E-state index contributed by atoms with van der Waals surface area (Å²) < 4.78 is 0. The van der Waals surface area contributed by atoms with E-state index in [9.17, 15) is 9.90 Å². The van der Waals surface area contributed by atoms with Crippen molar-refractivity contribution in [1.29, 1.82) is 0 Å². The molecule has 0 aromatic heterocycles. The van der Waals surface area contributed by atoms with Crippen molar-refractivity contribution in [2.75, 3.05) is 6.54 Å². The largest absolute Gasteiger partial charge is 0.480 e. The number of nitrogens with zero attached hydrogens (tertiary/aromatic N) is 1. The Morgan fingerprint density at radius 3 is 2.89 bits per heavy atom. The van der Waals surface area contributed by atoms with Crippen LogP contribution in [0.1, 0.15) is 24.5 Å². The molecule has 18 heavy (non-hydrogen) atoms. The average molecular weight is 268 g/mol. The number of hydrogen-bond acceptors (Lipinski definition) is 2. The van der Waals surface area contributed by atoms with Crippen LogP contribution in [-0.2, 0) is 11.3 Å². The van der Waals surface area contributed by atoms with Crippen molar-refractivity contribution in [2.45, 2.75) is 32.9 Å². The maximum Gasteiger partial charge on any atom is 0.321 e. The second kappa shape index (κ2) is 5.29. The zero-order valence-electron chi connectivity index (χ0n) is 10.7. The topological polar surface area (TPSA) is 40.5 Å². The third-order valence-electron chi connectivity index (χ3n) is 3.68. The summed E-state index contributed by atoms with van der Waals surface area (Å²) in [6.45, 7) is 5.45. The van der Waals surface area contributed by atoms with Gasteiger partial charge in [0.1, 0.15) is 6.04 Å². The van der Waals surface area contributed by atoms with E-state index in [2.05, 4.69) is 0 Å². The highest BCUT2D eigenvalue weighted by Gasteiger charge is 2.36. The zero-order valence-corrected chi connectivity index (χ0v) is 11.4. The van der Waals surface area contributed by atoms with Crippen LogP contribution in [-0.4, -0.2) is 28.6 Å². The molecule has 0 aliphatic carbocycles. The molecule has 1 N–H and O–H groups in total. The molecular weight excluding hydrogens is 250 g/mol. The lowest BCUT2D eigenvalue weighted by molar-refractivity contribution is -0.143. The van der Waals surface area contributed by atoms with Crippen LogP contribution < -0.4 is 0 Å². The summed E-state index contributed by atoms with van der Waals surface area (Å²) in [5.41, 5.74) is 2.12. The van der Waals surface area contributed by atoms with Crippen LogP contribution >= 0.6 is 11.6 Å². The van der Waals surface area contributed by atoms with Gasteiger partial charge in [0, 0.05) is 11.6 Å². The number of carboxylic acid groups (broad SMARTS) is 1. The van der Waals surface area contributed by atoms with Crippen LogP contribution in [0.2, 0.25) is 5.02 Å². The van der Waals surface area contributed by atoms with Gasteiger partial charge in [-0.25, -0.2) is 0 Å². The molecular formula is C14H18ClNO2. The maximum atomic E-state index is 11.3. The van der Waals surface area contributed by atoms with Crippen LogP contribution in [0, 0.1) is 12.8 Å². The van der Waals surface area contributed by atoms with Gasteiger partial charge in [-0.3, -0.25) is 9.69 Å². The second-order valence-corrected chi connectivity index (χ2v) is 5.51. The number of aryl methyl sites for hydroxylation is 1. The minimum atomic E-state index is -0.724. The molecule has 1 aromatic carbocycles. The molecule has 4 heteroatoms. The Morgan fingerprint density at radius 2 is 2.28 bits per heavy atom. The Kier molecular flexibility index (Phi) is 3.93. The molecule has 0 radical (unpaired) electrons. The molecule has 2 atom stereocenters. The SMILES string of the molecule is Cc1ccc(CN2CCC(C)C2C(=O)O)cc1Cl. The Bertz CT molecular complexity index is 461. The first kappa shape index (κ1) is 13.4. The number of halogens is 1. The van der Waals surface area contributed by atoms with E-state index in [0.717, 1.165) is 29.1 Å². The first-order valence-corrected chi connectivity index (χ1v) is 6.58. The number of benzene rings is 1. The van der Waals surface area contributed by atoms with Crippen molar-refractivity contribution >= 4 is 17.6 Å². The van der Waals surface area contributed by atoms with Crippen LogP contribution in [0.15, 0.2) is 18.2 Å². The standard InChI is InChI=1S/C14H18ClNO2/c1-9-3-4-11(7-12(9)15)8-16-6-5-10(2)13(16)14(17)18/h3-4,7,10,13H,5-6,8H2,1-2H3,(H,17,18). The highest BCUT2D eigenvalue weighted by molar-refractivity contribution is 6.31. The third kappa shape index (κ3) is 2.68. The second-order valence-electron chi connectivity index (χ2n) is 5.10. The fourth-order valence-electron chi connectivity index (χ4n) is 2.57. The van der Waals surface area contributed by atoms with Gasteiger partial charge in [-0.05, 0) is 43.0 Å². The average Bonchev–Trinajstić information content (AvgIpc) is 2.65. The zero-order chi connectivity index (χ0) is 13.3. The van der Waals surface area contributed by atoms with Gasteiger partial charge in [0.15, 0.2) is 0 Å². The molecule has 0 bridgehead atoms. The van der Waals surface area contributed by atoms with Gasteiger partial charge >= 0.3 is 5.97 Å². The Balaban J connectivity index is 2.13. The molecule has 1 aliphatic rings. The highest BCUT2D eigenvalue weighted by atomic mass is 35.5. The van der Waals surface area contributed by atoms with Crippen molar-refractivity contribution in [3.8, 4) is 0 Å². The van der Waals surface area contributed by atoms with Crippen LogP contribution in [0.5, 0.6) is 0 Å². The summed E-state index contributed by atoms with van der Waals surface area (Å²) in [7, 11) is 0. The minimum absolute atomic E-state index is 0.212. The lowest BCUT2D eigenvalue weighted by Gasteiger charge is -2.23. The van der Waals surface area contributed by atoms with Crippen LogP contribution in [0.3, 0.4) is 0 Å². The van der Waals surface area contributed by atoms with E-state index in [4.69, 9.17) is 11.6 Å². The van der Waals surface area contributed by atoms with Crippen molar-refractivity contribution in [3.05, 3.63) is 34.3 Å². The minimum Gasteiger partial charge on any atom is -0.480 e. The number of carboxylic acids is 1. The lowest BCUT2D eigenvalue weighted by atomic mass is 10.0. The van der Waals surface area contributed by atoms with Crippen LogP contribution in [0.4, 0.5) is 0 Å². The molecule has 1 saturated heterocycles. The highest BCUT2D eigenvalue weighted by Crippen LogP contribution is 2.27. The molecule has 1 heterocycles. The molecule has 98 valence electrons. The third-order valence-corrected chi connectivity index (χ3v) is 4.09. The van der Waals surface area contributed by atoms with E-state index < -0.39 is 5.97 Å². The predicted molar refractivity (Wildman–Crippen MR) is 71.8 cm³/mol. The predicted octanol–water partition coefficient (Wildman–Crippen LogP) is 2.94. The van der Waals surface area contributed by atoms with Gasteiger partial charge in [0.25, 0.3) is 0 Å². The van der Waals surface area contributed by atoms with Gasteiger partial charge in [-0.15, -0.1) is 0 Å². The summed E-state index contributed by atoms with van der Waals surface area (Å²) in [5.74, 6) is -0.512. The molecule has 0 saturated carbocycles. The maximum absolute atomic E-state index is 11.3. The van der Waals surface area contributed by atoms with Gasteiger partial charge in [-0.2, -0.15) is 0 Å². The summed E-state index contributed by atoms with van der Waals surface area (Å²) >= 11 is 6.09. The van der Waals surface area contributed by atoms with Gasteiger partial charge in [0.05, 0.1) is 0 Å². The fourth-order valence-corrected chi connectivity index (χ4v) is 2.78. The van der Waals surface area contributed by atoms with Crippen molar-refractivity contribution in [3.63, 3.8) is 0 Å². The number of carbonyl (C=O) groups is 1. The van der Waals surface area contributed by atoms with E-state index in [-0.39, 0.29) is 12.0 Å². The molecule has 3 nitrogen and oxygen atoms in total. The quantitative estimate of drug-likeness (QED) is 0.915. The van der Waals surface area contributed by atoms with Crippen molar-refractivity contribution in [2.24, 2.45) is 5.92 Å². The van der Waals surface area contributed by atoms with E-state index in [1.807, 2.05) is 36.9 Å². The Hall–Kier alpha value is -1.06. The number of likely N-dealkylation sites (tertiary alicyclic amines) is 1. The van der Waals surface area contributed by atoms with E-state index in [1.54, 1.807) is 0 Å². The Morgan fingerprint density at radius 1 is 1.56 bits per heavy atom. The number of hydrogen-bond donors (Lipinski definition) is 1. The van der Waals surface area contributed by atoms with E-state index in [1.165, 1.54) is 0 Å². The lowest BCUT2D eigenvalue weighted by Crippen LogP contribution is -2.38. The molecule has 1 aromatic rings. The van der Waals surface area contributed by atoms with Crippen molar-refractivity contribution < 1.29 is 9.90 Å². The molecule has 2 unspecified atom stereocenters. The summed E-state index contributed by atoms with van der Waals surface area (Å²) in [6.07, 6.45) is 0.941. The molecule has 1 fully saturated rings. The summed E-state index contributed by atoms with van der Waals surface area (Å²) in [5, 5.41) is 10.0. The molecule has 0 amide bonds. The molecule has 1 aliphatic heterocycles. The summed E-state index contributed by atoms with van der Waals surface area (Å²) in [4.78, 5) is 13.3. The van der Waals surface area contributed by atoms with Gasteiger partial charge in [0.2, 0.25) is 0 Å². The van der Waals surface area contributed by atoms with E-state index in [0.29, 0.717) is 6.54 Å². The normalized spacial score (nSPS) is 24.4. The molecule has 2 rings (SSSR count). The molecule has 0 spiro atoms. The Labute approximate surface area is 112 Å². The van der Waals surface area contributed by atoms with Gasteiger partial charge in [-0.1, -0.05) is 30.7 Å². The first-order chi connectivity index (χ1) is 8.49. The number of aliphatic carboxylic acids is 1. The first-order valence-electron chi connectivity index (χ1n) is 6.21. The number of rotatable bonds is 3.